The van der Waals surface area contributed by atoms with E-state index in [0.29, 0.717) is 43.6 Å². The third-order valence-corrected chi connectivity index (χ3v) is 5.23. The van der Waals surface area contributed by atoms with E-state index in [1.54, 1.807) is 40.9 Å². The van der Waals surface area contributed by atoms with E-state index in [0.717, 1.165) is 5.52 Å². The Bertz CT molecular complexity index is 1070. The highest BCUT2D eigenvalue weighted by Crippen LogP contribution is 2.20. The molecule has 0 N–H and O–H groups in total. The fraction of sp³-hybridized carbons (Fsp3) is 0.474. The summed E-state index contributed by atoms with van der Waals surface area (Å²) in [5, 5.41) is 4.17. The van der Waals surface area contributed by atoms with Gasteiger partial charge in [0, 0.05) is 31.6 Å². The number of ether oxygens (including phenoxy) is 1. The van der Waals surface area contributed by atoms with Gasteiger partial charge in [0.2, 0.25) is 5.91 Å². The zero-order valence-corrected chi connectivity index (χ0v) is 15.7. The quantitative estimate of drug-likeness (QED) is 0.615. The predicted octanol–water partition coefficient (Wildman–Crippen LogP) is 1.43. The zero-order chi connectivity index (χ0) is 19.7. The molecule has 3 aromatic rings. The Hall–Kier alpha value is -3.10. The van der Waals surface area contributed by atoms with Crippen molar-refractivity contribution in [3.8, 4) is 0 Å². The fourth-order valence-electron chi connectivity index (χ4n) is 3.68. The second kappa shape index (κ2) is 7.49. The second-order valence-corrected chi connectivity index (χ2v) is 6.89. The minimum Gasteiger partial charge on any atom is -0.466 e. The van der Waals surface area contributed by atoms with E-state index in [4.69, 9.17) is 9.15 Å². The Morgan fingerprint density at radius 2 is 2.07 bits per heavy atom. The predicted molar refractivity (Wildman–Crippen MR) is 99.8 cm³/mol. The van der Waals surface area contributed by atoms with Crippen molar-refractivity contribution in [2.24, 2.45) is 5.92 Å². The number of hydrogen-bond acceptors (Lipinski definition) is 6. The van der Waals surface area contributed by atoms with Gasteiger partial charge < -0.3 is 14.1 Å². The molecule has 9 nitrogen and oxygen atoms in total. The number of aryl methyl sites for hydroxylation is 1. The SMILES string of the molecule is CCOC(=O)C1CCN(C(=O)CCn2ncn3c(cc4occc43)c2=O)CC1. The van der Waals surface area contributed by atoms with E-state index in [1.807, 2.05) is 0 Å². The van der Waals surface area contributed by atoms with Crippen molar-refractivity contribution in [1.29, 1.82) is 0 Å². The Morgan fingerprint density at radius 3 is 2.82 bits per heavy atom. The van der Waals surface area contributed by atoms with E-state index in [1.165, 1.54) is 4.68 Å². The molecule has 9 heteroatoms. The second-order valence-electron chi connectivity index (χ2n) is 6.89. The van der Waals surface area contributed by atoms with Crippen LogP contribution in [0, 0.1) is 5.92 Å². The van der Waals surface area contributed by atoms with E-state index >= 15 is 0 Å². The molecule has 0 atom stereocenters. The third-order valence-electron chi connectivity index (χ3n) is 5.23. The first-order valence-electron chi connectivity index (χ1n) is 9.47. The molecule has 0 aromatic carbocycles. The largest absolute Gasteiger partial charge is 0.466 e. The van der Waals surface area contributed by atoms with Crippen LogP contribution in [-0.4, -0.2) is 50.7 Å². The van der Waals surface area contributed by atoms with Gasteiger partial charge in [0.25, 0.3) is 5.56 Å². The molecule has 148 valence electrons. The van der Waals surface area contributed by atoms with Crippen molar-refractivity contribution in [3.05, 3.63) is 35.1 Å². The third kappa shape index (κ3) is 3.28. The highest BCUT2D eigenvalue weighted by Gasteiger charge is 2.28. The van der Waals surface area contributed by atoms with Gasteiger partial charge in [0.05, 0.1) is 30.8 Å². The topological polar surface area (TPSA) is 99.1 Å². The lowest BCUT2D eigenvalue weighted by molar-refractivity contribution is -0.151. The highest BCUT2D eigenvalue weighted by molar-refractivity contribution is 5.82. The molecule has 28 heavy (non-hydrogen) atoms. The average Bonchev–Trinajstić information content (AvgIpc) is 3.29. The van der Waals surface area contributed by atoms with Crippen LogP contribution >= 0.6 is 0 Å². The summed E-state index contributed by atoms with van der Waals surface area (Å²) in [6, 6.07) is 3.45. The lowest BCUT2D eigenvalue weighted by Gasteiger charge is -2.31. The van der Waals surface area contributed by atoms with Gasteiger partial charge in [0.15, 0.2) is 5.58 Å². The Labute approximate surface area is 160 Å². The maximum atomic E-state index is 12.6. The summed E-state index contributed by atoms with van der Waals surface area (Å²) in [5.74, 6) is -0.361. The molecule has 4 rings (SSSR count). The van der Waals surface area contributed by atoms with E-state index in [9.17, 15) is 14.4 Å². The Morgan fingerprint density at radius 1 is 1.29 bits per heavy atom. The van der Waals surface area contributed by atoms with Crippen LogP contribution in [0.2, 0.25) is 0 Å². The van der Waals surface area contributed by atoms with E-state index in [2.05, 4.69) is 5.10 Å². The summed E-state index contributed by atoms with van der Waals surface area (Å²) >= 11 is 0. The van der Waals surface area contributed by atoms with Gasteiger partial charge in [-0.15, -0.1) is 0 Å². The van der Waals surface area contributed by atoms with Crippen LogP contribution in [0.3, 0.4) is 0 Å². The van der Waals surface area contributed by atoms with Gasteiger partial charge in [0.1, 0.15) is 11.8 Å². The molecule has 1 amide bonds. The number of piperidine rings is 1. The van der Waals surface area contributed by atoms with Gasteiger partial charge in [-0.05, 0) is 19.8 Å². The molecule has 1 fully saturated rings. The molecule has 1 aliphatic heterocycles. The maximum Gasteiger partial charge on any atom is 0.309 e. The molecule has 0 radical (unpaired) electrons. The summed E-state index contributed by atoms with van der Waals surface area (Å²) in [6.45, 7) is 3.42. The summed E-state index contributed by atoms with van der Waals surface area (Å²) in [7, 11) is 0. The highest BCUT2D eigenvalue weighted by atomic mass is 16.5. The number of likely N-dealkylation sites (tertiary alicyclic amines) is 1. The van der Waals surface area contributed by atoms with Crippen LogP contribution in [0.5, 0.6) is 0 Å². The molecule has 0 spiro atoms. The van der Waals surface area contributed by atoms with Crippen LogP contribution in [0.25, 0.3) is 16.6 Å². The molecular weight excluding hydrogens is 364 g/mol. The summed E-state index contributed by atoms with van der Waals surface area (Å²) in [4.78, 5) is 38.7. The lowest BCUT2D eigenvalue weighted by atomic mass is 9.97. The standard InChI is InChI=1S/C19H22N4O5/c1-2-27-19(26)13-3-7-21(8-4-13)17(24)5-9-23-18(25)15-11-16-14(6-10-28-16)22(15)12-20-23/h6,10-13H,2-5,7-9H2,1H3. The summed E-state index contributed by atoms with van der Waals surface area (Å²) in [6.07, 6.45) is 4.52. The van der Waals surface area contributed by atoms with Gasteiger partial charge in [-0.25, -0.2) is 4.68 Å². The Kier molecular flexibility index (Phi) is 4.89. The number of esters is 1. The van der Waals surface area contributed by atoms with Crippen molar-refractivity contribution in [2.45, 2.75) is 32.7 Å². The summed E-state index contributed by atoms with van der Waals surface area (Å²) in [5.41, 5.74) is 1.61. The molecule has 4 heterocycles. The normalized spacial score (nSPS) is 15.4. The van der Waals surface area contributed by atoms with Gasteiger partial charge in [-0.2, -0.15) is 5.10 Å². The monoisotopic (exact) mass is 386 g/mol. The minimum absolute atomic E-state index is 0.0416. The molecule has 0 saturated carbocycles. The smallest absolute Gasteiger partial charge is 0.309 e. The lowest BCUT2D eigenvalue weighted by Crippen LogP contribution is -2.41. The number of hydrogen-bond donors (Lipinski definition) is 0. The van der Waals surface area contributed by atoms with Crippen molar-refractivity contribution in [3.63, 3.8) is 0 Å². The number of carbonyl (C=O) groups is 2. The first kappa shape index (κ1) is 18.3. The molecule has 0 aliphatic carbocycles. The van der Waals surface area contributed by atoms with E-state index in [-0.39, 0.29) is 36.3 Å². The van der Waals surface area contributed by atoms with Crippen LogP contribution in [-0.2, 0) is 20.9 Å². The minimum atomic E-state index is -0.261. The number of carbonyl (C=O) groups excluding carboxylic acids is 2. The fourth-order valence-corrected chi connectivity index (χ4v) is 3.68. The molecule has 1 saturated heterocycles. The number of furan rings is 1. The first-order valence-corrected chi connectivity index (χ1v) is 9.47. The number of rotatable bonds is 5. The average molecular weight is 386 g/mol. The van der Waals surface area contributed by atoms with Crippen LogP contribution in [0.15, 0.2) is 33.9 Å². The van der Waals surface area contributed by atoms with Crippen molar-refractivity contribution >= 4 is 28.5 Å². The number of nitrogens with zero attached hydrogens (tertiary/aromatic N) is 4. The Balaban J connectivity index is 1.38. The first-order chi connectivity index (χ1) is 13.6. The van der Waals surface area contributed by atoms with E-state index < -0.39 is 0 Å². The summed E-state index contributed by atoms with van der Waals surface area (Å²) < 4.78 is 13.4. The molecule has 0 unspecified atom stereocenters. The van der Waals surface area contributed by atoms with Crippen LogP contribution in [0.4, 0.5) is 0 Å². The van der Waals surface area contributed by atoms with Crippen LogP contribution < -0.4 is 5.56 Å². The van der Waals surface area contributed by atoms with Crippen molar-refractivity contribution < 1.29 is 18.7 Å². The van der Waals surface area contributed by atoms with Gasteiger partial charge >= 0.3 is 5.97 Å². The molecule has 1 aliphatic rings. The molecule has 3 aromatic heterocycles. The zero-order valence-electron chi connectivity index (χ0n) is 15.7. The molecule has 0 bridgehead atoms. The van der Waals surface area contributed by atoms with Crippen LogP contribution in [0.1, 0.15) is 26.2 Å². The maximum absolute atomic E-state index is 12.6. The number of fused-ring (bicyclic) bond motifs is 3. The number of aromatic nitrogens is 3. The van der Waals surface area contributed by atoms with Gasteiger partial charge in [-0.1, -0.05) is 0 Å². The van der Waals surface area contributed by atoms with Crippen molar-refractivity contribution in [1.82, 2.24) is 19.1 Å². The molecular formula is C19H22N4O5. The van der Waals surface area contributed by atoms with Crippen molar-refractivity contribution in [2.75, 3.05) is 19.7 Å². The van der Waals surface area contributed by atoms with Gasteiger partial charge in [-0.3, -0.25) is 18.8 Å². The number of amides is 1.